The molecule has 2 nitrogen and oxygen atoms in total. The van der Waals surface area contributed by atoms with Crippen LogP contribution in [0.1, 0.15) is 52.4 Å². The third-order valence-corrected chi connectivity index (χ3v) is 5.91. The Morgan fingerprint density at radius 1 is 1.26 bits per heavy atom. The van der Waals surface area contributed by atoms with Crippen LogP contribution in [-0.2, 0) is 0 Å². The maximum atomic E-state index is 3.85. The van der Waals surface area contributed by atoms with E-state index >= 15 is 0 Å². The van der Waals surface area contributed by atoms with Crippen LogP contribution in [-0.4, -0.2) is 48.1 Å². The van der Waals surface area contributed by atoms with Crippen molar-refractivity contribution in [2.24, 2.45) is 5.92 Å². The van der Waals surface area contributed by atoms with Gasteiger partial charge >= 0.3 is 0 Å². The molecule has 0 aromatic carbocycles. The van der Waals surface area contributed by atoms with E-state index < -0.39 is 0 Å². The molecular weight excluding hydrogens is 252 g/mol. The van der Waals surface area contributed by atoms with Gasteiger partial charge in [0.15, 0.2) is 0 Å². The molecule has 0 radical (unpaired) electrons. The summed E-state index contributed by atoms with van der Waals surface area (Å²) >= 11 is 1.99. The molecule has 1 heterocycles. The molecular formula is C16H32N2S. The normalized spacial score (nSPS) is 34.6. The first kappa shape index (κ1) is 15.7. The summed E-state index contributed by atoms with van der Waals surface area (Å²) in [5.41, 5.74) is 0.337. The fraction of sp³-hybridized carbons (Fsp3) is 1.00. The molecule has 0 spiro atoms. The Balaban J connectivity index is 1.99. The quantitative estimate of drug-likeness (QED) is 0.833. The fourth-order valence-corrected chi connectivity index (χ4v) is 4.19. The molecule has 2 unspecified atom stereocenters. The average molecular weight is 285 g/mol. The molecule has 0 bridgehead atoms. The molecule has 0 aromatic heterocycles. The summed E-state index contributed by atoms with van der Waals surface area (Å²) in [6, 6.07) is 0.798. The topological polar surface area (TPSA) is 15.3 Å². The molecule has 2 atom stereocenters. The lowest BCUT2D eigenvalue weighted by Crippen LogP contribution is -2.64. The Hall–Kier alpha value is 0.270. The lowest BCUT2D eigenvalue weighted by molar-refractivity contribution is 0.0457. The van der Waals surface area contributed by atoms with Crippen LogP contribution < -0.4 is 5.32 Å². The smallest absolute Gasteiger partial charge is 0.0278 e. The summed E-state index contributed by atoms with van der Waals surface area (Å²) in [6.07, 6.45) is 10.8. The molecule has 1 aliphatic heterocycles. The first-order chi connectivity index (χ1) is 9.18. The zero-order valence-electron chi connectivity index (χ0n) is 13.1. The molecule has 112 valence electrons. The molecule has 2 rings (SSSR count). The van der Waals surface area contributed by atoms with Gasteiger partial charge in [0.2, 0.25) is 0 Å². The van der Waals surface area contributed by atoms with Crippen LogP contribution in [0.5, 0.6) is 0 Å². The van der Waals surface area contributed by atoms with Crippen LogP contribution >= 0.6 is 11.8 Å². The second kappa shape index (κ2) is 7.33. The molecule has 1 aliphatic carbocycles. The predicted molar refractivity (Wildman–Crippen MR) is 87.0 cm³/mol. The highest BCUT2D eigenvalue weighted by Gasteiger charge is 2.37. The number of rotatable bonds is 5. The molecule has 0 aromatic rings. The van der Waals surface area contributed by atoms with Crippen LogP contribution in [0.3, 0.4) is 0 Å². The van der Waals surface area contributed by atoms with Gasteiger partial charge in [-0.1, -0.05) is 26.2 Å². The highest BCUT2D eigenvalue weighted by molar-refractivity contribution is 7.98. The van der Waals surface area contributed by atoms with E-state index in [4.69, 9.17) is 0 Å². The second-order valence-corrected chi connectivity index (χ2v) is 7.71. The summed E-state index contributed by atoms with van der Waals surface area (Å²) in [5.74, 6) is 2.23. The van der Waals surface area contributed by atoms with Crippen LogP contribution in [0.2, 0.25) is 0 Å². The predicted octanol–water partition coefficient (Wildman–Crippen LogP) is 3.37. The van der Waals surface area contributed by atoms with Crippen molar-refractivity contribution in [3.05, 3.63) is 0 Å². The van der Waals surface area contributed by atoms with E-state index in [1.165, 1.54) is 63.9 Å². The summed E-state index contributed by atoms with van der Waals surface area (Å²) in [7, 11) is 0. The van der Waals surface area contributed by atoms with Gasteiger partial charge in [-0.25, -0.2) is 0 Å². The van der Waals surface area contributed by atoms with Crippen molar-refractivity contribution in [2.75, 3.05) is 31.6 Å². The van der Waals surface area contributed by atoms with Crippen LogP contribution in [0.25, 0.3) is 0 Å². The Morgan fingerprint density at radius 3 is 2.63 bits per heavy atom. The third kappa shape index (κ3) is 4.12. The monoisotopic (exact) mass is 284 g/mol. The van der Waals surface area contributed by atoms with E-state index in [2.05, 4.69) is 30.3 Å². The number of piperazine rings is 1. The van der Waals surface area contributed by atoms with Gasteiger partial charge in [0, 0.05) is 37.0 Å². The lowest BCUT2D eigenvalue weighted by atomic mass is 9.80. The van der Waals surface area contributed by atoms with Crippen molar-refractivity contribution in [1.29, 1.82) is 0 Å². The maximum absolute atomic E-state index is 3.85. The first-order valence-corrected chi connectivity index (χ1v) is 9.56. The zero-order chi connectivity index (χ0) is 13.7. The SMILES string of the molecule is CCC1(C)CN(CCSC)C(C2CCCCC2)CN1. The second-order valence-electron chi connectivity index (χ2n) is 6.72. The molecule has 3 heteroatoms. The van der Waals surface area contributed by atoms with Crippen molar-refractivity contribution in [3.8, 4) is 0 Å². The van der Waals surface area contributed by atoms with Crippen molar-refractivity contribution in [2.45, 2.75) is 64.0 Å². The summed E-state index contributed by atoms with van der Waals surface area (Å²) in [6.45, 7) is 8.45. The number of hydrogen-bond acceptors (Lipinski definition) is 3. The number of nitrogens with zero attached hydrogens (tertiary/aromatic N) is 1. The van der Waals surface area contributed by atoms with Gasteiger partial charge in [-0.3, -0.25) is 4.90 Å². The van der Waals surface area contributed by atoms with Crippen molar-refractivity contribution in [3.63, 3.8) is 0 Å². The number of hydrogen-bond donors (Lipinski definition) is 1. The van der Waals surface area contributed by atoms with Gasteiger partial charge in [-0.15, -0.1) is 0 Å². The van der Waals surface area contributed by atoms with E-state index in [1.807, 2.05) is 11.8 Å². The molecule has 0 amide bonds. The Morgan fingerprint density at radius 2 is 2.00 bits per heavy atom. The fourth-order valence-electron chi connectivity index (χ4n) is 3.78. The van der Waals surface area contributed by atoms with E-state index in [-0.39, 0.29) is 0 Å². The first-order valence-electron chi connectivity index (χ1n) is 8.16. The van der Waals surface area contributed by atoms with Gasteiger partial charge in [-0.2, -0.15) is 11.8 Å². The standard InChI is InChI=1S/C16H32N2S/c1-4-16(2)13-18(10-11-19-3)15(12-17-16)14-8-6-5-7-9-14/h14-15,17H,4-13H2,1-3H3. The highest BCUT2D eigenvalue weighted by Crippen LogP contribution is 2.32. The van der Waals surface area contributed by atoms with Crippen molar-refractivity contribution >= 4 is 11.8 Å². The van der Waals surface area contributed by atoms with Gasteiger partial charge in [0.05, 0.1) is 0 Å². The largest absolute Gasteiger partial charge is 0.309 e. The Kier molecular flexibility index (Phi) is 6.04. The molecule has 1 saturated heterocycles. The average Bonchev–Trinajstić information content (AvgIpc) is 2.46. The minimum Gasteiger partial charge on any atom is -0.309 e. The molecule has 2 aliphatic rings. The third-order valence-electron chi connectivity index (χ3n) is 5.32. The van der Waals surface area contributed by atoms with Gasteiger partial charge in [0.25, 0.3) is 0 Å². The van der Waals surface area contributed by atoms with Gasteiger partial charge in [-0.05, 0) is 38.4 Å². The minimum atomic E-state index is 0.337. The van der Waals surface area contributed by atoms with Crippen LogP contribution in [0.4, 0.5) is 0 Å². The lowest BCUT2D eigenvalue weighted by Gasteiger charge is -2.49. The van der Waals surface area contributed by atoms with E-state index in [9.17, 15) is 0 Å². The van der Waals surface area contributed by atoms with Crippen molar-refractivity contribution in [1.82, 2.24) is 10.2 Å². The maximum Gasteiger partial charge on any atom is 0.0278 e. The Labute approximate surface area is 124 Å². The van der Waals surface area contributed by atoms with Gasteiger partial charge in [0.1, 0.15) is 0 Å². The van der Waals surface area contributed by atoms with Gasteiger partial charge < -0.3 is 5.32 Å². The summed E-state index contributed by atoms with van der Waals surface area (Å²) < 4.78 is 0. The molecule has 2 fully saturated rings. The molecule has 1 saturated carbocycles. The number of thioether (sulfide) groups is 1. The van der Waals surface area contributed by atoms with Crippen molar-refractivity contribution < 1.29 is 0 Å². The number of nitrogens with one attached hydrogen (secondary N) is 1. The minimum absolute atomic E-state index is 0.337. The highest BCUT2D eigenvalue weighted by atomic mass is 32.2. The van der Waals surface area contributed by atoms with E-state index in [1.54, 1.807) is 0 Å². The molecule has 1 N–H and O–H groups in total. The van der Waals surface area contributed by atoms with Crippen LogP contribution in [0, 0.1) is 5.92 Å². The van der Waals surface area contributed by atoms with Crippen LogP contribution in [0.15, 0.2) is 0 Å². The van der Waals surface area contributed by atoms with E-state index in [0.29, 0.717) is 5.54 Å². The molecule has 19 heavy (non-hydrogen) atoms. The summed E-state index contributed by atoms with van der Waals surface area (Å²) in [5, 5.41) is 3.85. The zero-order valence-corrected chi connectivity index (χ0v) is 13.9. The van der Waals surface area contributed by atoms with E-state index in [0.717, 1.165) is 12.0 Å². The summed E-state index contributed by atoms with van der Waals surface area (Å²) in [4.78, 5) is 2.81. The Bertz CT molecular complexity index is 265.